The second-order valence-electron chi connectivity index (χ2n) is 7.06. The predicted octanol–water partition coefficient (Wildman–Crippen LogP) is 2.18. The minimum Gasteiger partial charge on any atom is -0.379 e. The molecule has 1 fully saturated rings. The number of rotatable bonds is 7. The van der Waals surface area contributed by atoms with Gasteiger partial charge in [-0.15, -0.1) is 5.10 Å². The van der Waals surface area contributed by atoms with E-state index < -0.39 is 0 Å². The Balaban J connectivity index is 1.39. The number of morpholine rings is 1. The van der Waals surface area contributed by atoms with Gasteiger partial charge in [-0.1, -0.05) is 35.0 Å². The fraction of sp³-hybridized carbons (Fsp3) is 0.333. The maximum atomic E-state index is 12.7. The number of pyridine rings is 1. The summed E-state index contributed by atoms with van der Waals surface area (Å²) in [5, 5.41) is 11.7. The molecule has 2 aromatic heterocycles. The summed E-state index contributed by atoms with van der Waals surface area (Å²) in [7, 11) is 0. The molecule has 1 aliphatic heterocycles. The minimum atomic E-state index is -0.258. The molecule has 1 saturated heterocycles. The number of nitrogens with zero attached hydrogens (tertiary/aromatic N) is 5. The van der Waals surface area contributed by atoms with Crippen LogP contribution in [0.2, 0.25) is 5.02 Å². The van der Waals surface area contributed by atoms with Crippen molar-refractivity contribution < 1.29 is 9.53 Å². The number of hydrogen-bond donors (Lipinski definition) is 1. The maximum Gasteiger partial charge on any atom is 0.273 e. The Hall–Kier alpha value is -2.81. The lowest BCUT2D eigenvalue weighted by molar-refractivity contribution is 0.0153. The van der Waals surface area contributed by atoms with Gasteiger partial charge in [-0.25, -0.2) is 4.68 Å². The topological polar surface area (TPSA) is 85.2 Å². The van der Waals surface area contributed by atoms with Crippen LogP contribution in [0.4, 0.5) is 0 Å². The van der Waals surface area contributed by atoms with Crippen molar-refractivity contribution in [3.05, 3.63) is 76.8 Å². The van der Waals surface area contributed by atoms with Crippen LogP contribution in [0.3, 0.4) is 0 Å². The Morgan fingerprint density at radius 3 is 2.70 bits per heavy atom. The predicted molar refractivity (Wildman–Crippen MR) is 112 cm³/mol. The summed E-state index contributed by atoms with van der Waals surface area (Å²) in [4.78, 5) is 19.4. The summed E-state index contributed by atoms with van der Waals surface area (Å²) in [6.07, 6.45) is 3.42. The van der Waals surface area contributed by atoms with E-state index in [1.54, 1.807) is 17.1 Å². The number of halogens is 1. The van der Waals surface area contributed by atoms with E-state index in [1.807, 2.05) is 42.5 Å². The highest BCUT2D eigenvalue weighted by molar-refractivity contribution is 6.30. The third-order valence-corrected chi connectivity index (χ3v) is 5.25. The van der Waals surface area contributed by atoms with Gasteiger partial charge < -0.3 is 10.1 Å². The van der Waals surface area contributed by atoms with Crippen molar-refractivity contribution >= 4 is 17.5 Å². The van der Waals surface area contributed by atoms with Gasteiger partial charge in [-0.3, -0.25) is 14.7 Å². The van der Waals surface area contributed by atoms with E-state index in [-0.39, 0.29) is 17.6 Å². The lowest BCUT2D eigenvalue weighted by atomic mass is 10.1. The Morgan fingerprint density at radius 2 is 1.97 bits per heavy atom. The summed E-state index contributed by atoms with van der Waals surface area (Å²) >= 11 is 5.92. The summed E-state index contributed by atoms with van der Waals surface area (Å²) in [5.41, 5.74) is 2.23. The van der Waals surface area contributed by atoms with Crippen molar-refractivity contribution in [1.82, 2.24) is 30.2 Å². The zero-order chi connectivity index (χ0) is 20.8. The van der Waals surface area contributed by atoms with Gasteiger partial charge in [-0.2, -0.15) is 0 Å². The highest BCUT2D eigenvalue weighted by Gasteiger charge is 2.24. The molecule has 0 spiro atoms. The third-order valence-electron chi connectivity index (χ3n) is 5.00. The van der Waals surface area contributed by atoms with E-state index in [9.17, 15) is 4.79 Å². The van der Waals surface area contributed by atoms with Gasteiger partial charge in [0.05, 0.1) is 37.7 Å². The Bertz CT molecular complexity index is 957. The molecule has 0 unspecified atom stereocenters. The maximum absolute atomic E-state index is 12.7. The van der Waals surface area contributed by atoms with E-state index in [1.165, 1.54) is 0 Å². The first-order chi connectivity index (χ1) is 14.7. The summed E-state index contributed by atoms with van der Waals surface area (Å²) < 4.78 is 7.10. The number of hydrogen-bond acceptors (Lipinski definition) is 6. The fourth-order valence-corrected chi connectivity index (χ4v) is 3.55. The van der Waals surface area contributed by atoms with Crippen LogP contribution in [0.15, 0.2) is 54.9 Å². The number of carbonyl (C=O) groups is 1. The third kappa shape index (κ3) is 5.21. The first-order valence-corrected chi connectivity index (χ1v) is 10.2. The largest absolute Gasteiger partial charge is 0.379 e. The van der Waals surface area contributed by atoms with Crippen molar-refractivity contribution in [3.63, 3.8) is 0 Å². The first kappa shape index (κ1) is 20.5. The van der Waals surface area contributed by atoms with Gasteiger partial charge in [0, 0.05) is 30.9 Å². The molecule has 8 nitrogen and oxygen atoms in total. The van der Waals surface area contributed by atoms with Crippen LogP contribution in [0, 0.1) is 0 Å². The van der Waals surface area contributed by atoms with Crippen LogP contribution in [-0.4, -0.2) is 63.6 Å². The van der Waals surface area contributed by atoms with Crippen LogP contribution < -0.4 is 5.32 Å². The fourth-order valence-electron chi connectivity index (χ4n) is 3.42. The molecule has 1 aliphatic rings. The van der Waals surface area contributed by atoms with Crippen LogP contribution >= 0.6 is 11.6 Å². The zero-order valence-corrected chi connectivity index (χ0v) is 17.2. The molecule has 0 aliphatic carbocycles. The van der Waals surface area contributed by atoms with Gasteiger partial charge in [0.25, 0.3) is 5.91 Å². The van der Waals surface area contributed by atoms with E-state index in [2.05, 4.69) is 25.5 Å². The van der Waals surface area contributed by atoms with Gasteiger partial charge in [-0.05, 0) is 29.8 Å². The van der Waals surface area contributed by atoms with Crippen molar-refractivity contribution in [2.45, 2.75) is 12.6 Å². The van der Waals surface area contributed by atoms with Crippen molar-refractivity contribution in [2.75, 3.05) is 32.8 Å². The highest BCUT2D eigenvalue weighted by atomic mass is 35.5. The molecule has 3 heterocycles. The molecule has 3 aromatic rings. The molecule has 30 heavy (non-hydrogen) atoms. The van der Waals surface area contributed by atoms with Gasteiger partial charge >= 0.3 is 0 Å². The molecule has 1 aromatic carbocycles. The number of aromatic nitrogens is 4. The first-order valence-electron chi connectivity index (χ1n) is 9.84. The monoisotopic (exact) mass is 426 g/mol. The number of carbonyl (C=O) groups excluding carboxylic acids is 1. The smallest absolute Gasteiger partial charge is 0.273 e. The van der Waals surface area contributed by atoms with Gasteiger partial charge in [0.15, 0.2) is 5.69 Å². The zero-order valence-electron chi connectivity index (χ0n) is 16.4. The summed E-state index contributed by atoms with van der Waals surface area (Å²) in [6.45, 7) is 3.90. The Kier molecular flexibility index (Phi) is 6.68. The Morgan fingerprint density at radius 1 is 1.17 bits per heavy atom. The molecule has 1 N–H and O–H groups in total. The molecule has 0 radical (unpaired) electrons. The molecule has 1 amide bonds. The van der Waals surface area contributed by atoms with E-state index in [0.717, 1.165) is 24.3 Å². The number of ether oxygens (including phenoxy) is 1. The average molecular weight is 427 g/mol. The van der Waals surface area contributed by atoms with Crippen molar-refractivity contribution in [3.8, 4) is 0 Å². The van der Waals surface area contributed by atoms with E-state index in [0.29, 0.717) is 31.3 Å². The number of nitrogens with one attached hydrogen (secondary N) is 1. The number of amides is 1. The minimum absolute atomic E-state index is 0.0248. The van der Waals surface area contributed by atoms with Crippen LogP contribution in [0.25, 0.3) is 0 Å². The van der Waals surface area contributed by atoms with Crippen LogP contribution in [0.1, 0.15) is 27.8 Å². The highest BCUT2D eigenvalue weighted by Crippen LogP contribution is 2.19. The molecule has 9 heteroatoms. The van der Waals surface area contributed by atoms with Crippen molar-refractivity contribution in [2.24, 2.45) is 0 Å². The molecular formula is C21H23ClN6O2. The summed E-state index contributed by atoms with van der Waals surface area (Å²) in [5.74, 6) is -0.258. The Labute approximate surface area is 179 Å². The molecule has 0 saturated carbocycles. The molecular weight excluding hydrogens is 404 g/mol. The standard InChI is InChI=1S/C21H23ClN6O2/c22-17-6-4-16(5-7-17)14-28-15-19(25-26-28)21(29)24-13-20(18-3-1-2-8-23-18)27-9-11-30-12-10-27/h1-8,15,20H,9-14H2,(H,24,29)/t20-/m1/s1. The normalized spacial score (nSPS) is 15.6. The van der Waals surface area contributed by atoms with Gasteiger partial charge in [0.1, 0.15) is 0 Å². The second kappa shape index (κ2) is 9.80. The lowest BCUT2D eigenvalue weighted by Gasteiger charge is -2.34. The van der Waals surface area contributed by atoms with Crippen molar-refractivity contribution in [1.29, 1.82) is 0 Å². The quantitative estimate of drug-likeness (QED) is 0.623. The molecule has 0 bridgehead atoms. The molecule has 4 rings (SSSR count). The SMILES string of the molecule is O=C(NC[C@H](c1ccccn1)N1CCOCC1)c1cn(Cc2ccc(Cl)cc2)nn1. The lowest BCUT2D eigenvalue weighted by Crippen LogP contribution is -2.44. The van der Waals surface area contributed by atoms with E-state index in [4.69, 9.17) is 16.3 Å². The van der Waals surface area contributed by atoms with Gasteiger partial charge in [0.2, 0.25) is 0 Å². The molecule has 1 atom stereocenters. The second-order valence-corrected chi connectivity index (χ2v) is 7.49. The van der Waals surface area contributed by atoms with Crippen LogP contribution in [0.5, 0.6) is 0 Å². The molecule has 156 valence electrons. The van der Waals surface area contributed by atoms with Crippen LogP contribution in [-0.2, 0) is 11.3 Å². The number of benzene rings is 1. The van der Waals surface area contributed by atoms with E-state index >= 15 is 0 Å². The average Bonchev–Trinajstić information content (AvgIpc) is 3.25. The summed E-state index contributed by atoms with van der Waals surface area (Å²) in [6, 6.07) is 13.3.